The minimum Gasteiger partial charge on any atom is -0.310 e. The molecular formula is C14H16N6O. The molecule has 0 N–H and O–H groups in total. The quantitative estimate of drug-likeness (QED) is 0.713. The van der Waals surface area contributed by atoms with Gasteiger partial charge in [-0.1, -0.05) is 19.8 Å². The topological polar surface area (TPSA) is 78.0 Å². The molecule has 0 amide bonds. The number of rotatable bonds is 2. The highest BCUT2D eigenvalue weighted by Crippen LogP contribution is 2.28. The third-order valence-electron chi connectivity index (χ3n) is 4.21. The highest BCUT2D eigenvalue weighted by molar-refractivity contribution is 5.74. The molecule has 0 radical (unpaired) electrons. The van der Waals surface area contributed by atoms with Gasteiger partial charge < -0.3 is 4.57 Å². The highest BCUT2D eigenvalue weighted by atomic mass is 16.1. The molecule has 3 heterocycles. The van der Waals surface area contributed by atoms with Gasteiger partial charge in [-0.3, -0.25) is 4.79 Å². The number of hydrogen-bond donors (Lipinski definition) is 0. The van der Waals surface area contributed by atoms with Crippen molar-refractivity contribution in [2.75, 3.05) is 0 Å². The molecule has 1 fully saturated rings. The van der Waals surface area contributed by atoms with Gasteiger partial charge >= 0.3 is 0 Å². The average molecular weight is 284 g/mol. The second-order valence-corrected chi connectivity index (χ2v) is 5.49. The largest absolute Gasteiger partial charge is 0.310 e. The second-order valence-electron chi connectivity index (χ2n) is 5.49. The number of fused-ring (bicyclic) bond motifs is 3. The Morgan fingerprint density at radius 2 is 2.10 bits per heavy atom. The van der Waals surface area contributed by atoms with E-state index in [1.807, 2.05) is 19.2 Å². The molecule has 21 heavy (non-hydrogen) atoms. The van der Waals surface area contributed by atoms with Crippen molar-refractivity contribution in [2.24, 2.45) is 0 Å². The van der Waals surface area contributed by atoms with Crippen molar-refractivity contribution in [2.45, 2.75) is 45.1 Å². The molecule has 0 aliphatic heterocycles. The van der Waals surface area contributed by atoms with Crippen LogP contribution in [0.25, 0.3) is 16.8 Å². The Labute approximate surface area is 120 Å². The number of nitrogens with zero attached hydrogens (tertiary/aromatic N) is 6. The maximum atomic E-state index is 12.6. The van der Waals surface area contributed by atoms with Gasteiger partial charge in [0.2, 0.25) is 0 Å². The third-order valence-corrected chi connectivity index (χ3v) is 4.21. The van der Waals surface area contributed by atoms with Crippen LogP contribution < -0.4 is 5.56 Å². The summed E-state index contributed by atoms with van der Waals surface area (Å²) in [6.07, 6.45) is 7.07. The van der Waals surface area contributed by atoms with Crippen molar-refractivity contribution in [1.29, 1.82) is 0 Å². The van der Waals surface area contributed by atoms with Crippen LogP contribution in [-0.4, -0.2) is 29.4 Å². The molecule has 108 valence electrons. The number of pyridine rings is 1. The van der Waals surface area contributed by atoms with Crippen LogP contribution in [0.4, 0.5) is 0 Å². The van der Waals surface area contributed by atoms with Gasteiger partial charge in [0.25, 0.3) is 11.3 Å². The lowest BCUT2D eigenvalue weighted by Gasteiger charge is -2.13. The van der Waals surface area contributed by atoms with Gasteiger partial charge in [-0.25, -0.2) is 0 Å². The van der Waals surface area contributed by atoms with Gasteiger partial charge in [0.1, 0.15) is 5.52 Å². The lowest BCUT2D eigenvalue weighted by Crippen LogP contribution is -2.24. The Kier molecular flexibility index (Phi) is 2.73. The van der Waals surface area contributed by atoms with Crippen molar-refractivity contribution in [3.05, 3.63) is 28.4 Å². The van der Waals surface area contributed by atoms with Crippen molar-refractivity contribution in [1.82, 2.24) is 29.4 Å². The zero-order valence-corrected chi connectivity index (χ0v) is 11.9. The van der Waals surface area contributed by atoms with E-state index in [1.54, 1.807) is 9.08 Å². The minimum atomic E-state index is -0.0812. The van der Waals surface area contributed by atoms with Crippen LogP contribution in [0, 0.1) is 0 Å². The van der Waals surface area contributed by atoms with Crippen LogP contribution >= 0.6 is 0 Å². The molecular weight excluding hydrogens is 268 g/mol. The predicted octanol–water partition coefficient (Wildman–Crippen LogP) is 1.51. The fraction of sp³-hybridized carbons (Fsp3) is 0.500. The summed E-state index contributed by atoms with van der Waals surface area (Å²) < 4.78 is 3.41. The molecule has 4 rings (SSSR count). The molecule has 1 aliphatic rings. The minimum absolute atomic E-state index is 0.0812. The van der Waals surface area contributed by atoms with Crippen molar-refractivity contribution < 1.29 is 0 Å². The predicted molar refractivity (Wildman–Crippen MR) is 77.2 cm³/mol. The molecule has 1 saturated carbocycles. The van der Waals surface area contributed by atoms with Gasteiger partial charge in [-0.2, -0.15) is 9.50 Å². The Bertz CT molecular complexity index is 874. The van der Waals surface area contributed by atoms with Crippen molar-refractivity contribution in [3.63, 3.8) is 0 Å². The number of hydrogen-bond acceptors (Lipinski definition) is 5. The van der Waals surface area contributed by atoms with Crippen molar-refractivity contribution >= 4 is 16.8 Å². The molecule has 0 aromatic carbocycles. The summed E-state index contributed by atoms with van der Waals surface area (Å²) in [5.74, 6) is 1.15. The molecule has 3 aromatic rings. The van der Waals surface area contributed by atoms with Crippen LogP contribution in [0.5, 0.6) is 0 Å². The Hall–Kier alpha value is -2.31. The molecule has 0 bridgehead atoms. The van der Waals surface area contributed by atoms with Crippen LogP contribution in [0.15, 0.2) is 17.1 Å². The smallest absolute Gasteiger partial charge is 0.280 e. The molecule has 0 atom stereocenters. The summed E-state index contributed by atoms with van der Waals surface area (Å²) in [4.78, 5) is 16.9. The molecule has 3 aromatic heterocycles. The highest BCUT2D eigenvalue weighted by Gasteiger charge is 2.20. The fourth-order valence-corrected chi connectivity index (χ4v) is 3.08. The lowest BCUT2D eigenvalue weighted by molar-refractivity contribution is 0.504. The van der Waals surface area contributed by atoms with Gasteiger partial charge in [0, 0.05) is 18.7 Å². The van der Waals surface area contributed by atoms with E-state index >= 15 is 0 Å². The normalized spacial score (nSPS) is 16.2. The maximum Gasteiger partial charge on any atom is 0.280 e. The average Bonchev–Trinajstić information content (AvgIpc) is 3.16. The second kappa shape index (κ2) is 4.61. The van der Waals surface area contributed by atoms with E-state index in [1.165, 1.54) is 12.8 Å². The van der Waals surface area contributed by atoms with E-state index in [2.05, 4.69) is 20.3 Å². The fourth-order valence-electron chi connectivity index (χ4n) is 3.08. The molecule has 1 aliphatic carbocycles. The standard InChI is InChI=1S/C14H16N6O/c1-2-11-15-14-17-16-12-10(20(14)18-11)7-8-19(13(12)21)9-5-3-4-6-9/h7-9H,2-6H2,1H3. The van der Waals surface area contributed by atoms with Gasteiger partial charge in [-0.05, 0) is 18.9 Å². The zero-order valence-electron chi connectivity index (χ0n) is 11.9. The van der Waals surface area contributed by atoms with Crippen LogP contribution in [0.2, 0.25) is 0 Å². The maximum absolute atomic E-state index is 12.6. The van der Waals surface area contributed by atoms with Crippen molar-refractivity contribution in [3.8, 4) is 0 Å². The summed E-state index contributed by atoms with van der Waals surface area (Å²) in [5.41, 5.74) is 0.957. The molecule has 7 nitrogen and oxygen atoms in total. The summed E-state index contributed by atoms with van der Waals surface area (Å²) in [5, 5.41) is 12.5. The van der Waals surface area contributed by atoms with E-state index < -0.39 is 0 Å². The Morgan fingerprint density at radius 3 is 2.86 bits per heavy atom. The summed E-state index contributed by atoms with van der Waals surface area (Å²) in [7, 11) is 0. The molecule has 0 saturated heterocycles. The van der Waals surface area contributed by atoms with Crippen LogP contribution in [0.1, 0.15) is 44.5 Å². The summed E-state index contributed by atoms with van der Waals surface area (Å²) >= 11 is 0. The SMILES string of the molecule is CCc1nc2nnc3c(=O)n(C4CCCC4)ccc3n2n1. The van der Waals surface area contributed by atoms with E-state index in [9.17, 15) is 4.79 Å². The summed E-state index contributed by atoms with van der Waals surface area (Å²) in [6, 6.07) is 2.19. The zero-order chi connectivity index (χ0) is 14.4. The lowest BCUT2D eigenvalue weighted by atomic mass is 10.2. The van der Waals surface area contributed by atoms with Gasteiger partial charge in [0.15, 0.2) is 11.3 Å². The van der Waals surface area contributed by atoms with E-state index in [0.29, 0.717) is 28.7 Å². The molecule has 7 heteroatoms. The van der Waals surface area contributed by atoms with Crippen LogP contribution in [0.3, 0.4) is 0 Å². The van der Waals surface area contributed by atoms with E-state index in [0.717, 1.165) is 19.3 Å². The number of aromatic nitrogens is 6. The summed E-state index contributed by atoms with van der Waals surface area (Å²) in [6.45, 7) is 1.98. The first-order valence-electron chi connectivity index (χ1n) is 7.41. The van der Waals surface area contributed by atoms with Gasteiger partial charge in [0.05, 0.1) is 0 Å². The Morgan fingerprint density at radius 1 is 1.29 bits per heavy atom. The first kappa shape index (κ1) is 12.4. The Balaban J connectivity index is 1.97. The monoisotopic (exact) mass is 284 g/mol. The molecule has 0 spiro atoms. The van der Waals surface area contributed by atoms with E-state index in [4.69, 9.17) is 0 Å². The van der Waals surface area contributed by atoms with E-state index in [-0.39, 0.29) is 5.56 Å². The van der Waals surface area contributed by atoms with Gasteiger partial charge in [-0.15, -0.1) is 15.3 Å². The van der Waals surface area contributed by atoms with Crippen LogP contribution in [-0.2, 0) is 6.42 Å². The third kappa shape index (κ3) is 1.84. The number of aryl methyl sites for hydroxylation is 1. The first-order valence-corrected chi connectivity index (χ1v) is 7.41. The molecule has 0 unspecified atom stereocenters. The first-order chi connectivity index (χ1) is 10.3.